The number of thiophene rings is 4. The van der Waals surface area contributed by atoms with E-state index in [2.05, 4.69) is 87.3 Å². The molecule has 0 spiro atoms. The van der Waals surface area contributed by atoms with E-state index in [1.165, 1.54) is 87.6 Å². The van der Waals surface area contributed by atoms with E-state index in [0.717, 1.165) is 57.0 Å². The second kappa shape index (κ2) is 16.1. The first-order chi connectivity index (χ1) is 24.3. The number of rotatable bonds is 22. The third-order valence-corrected chi connectivity index (χ3v) is 26.5. The predicted molar refractivity (Wildman–Crippen MR) is 233 cm³/mol. The molecule has 2 nitrogen and oxygen atoms in total. The second-order valence-corrected chi connectivity index (χ2v) is 27.9. The fourth-order valence-corrected chi connectivity index (χ4v) is 26.0. The molecule has 0 radical (unpaired) electrons. The topological polar surface area (TPSA) is 29.5 Å². The Morgan fingerprint density at radius 1 is 0.520 bits per heavy atom. The van der Waals surface area contributed by atoms with Gasteiger partial charge in [-0.1, -0.05) is 0 Å². The molecule has 2 aliphatic rings. The van der Waals surface area contributed by atoms with Gasteiger partial charge in [-0.05, 0) is 0 Å². The molecule has 0 aliphatic heterocycles. The van der Waals surface area contributed by atoms with E-state index >= 15 is 0 Å². The molecule has 6 rings (SSSR count). The Morgan fingerprint density at radius 2 is 0.840 bits per heavy atom. The molecule has 4 aromatic rings. The SMILES string of the molecule is CCCC[P+](CCCC)(CCCC)C1(C2(OP(O)(CCCC)(CCCC)CCCC)c3ccsc3-c3sccc32)c2ccsc2-c2sccc21. The molecule has 0 saturated carbocycles. The summed E-state index contributed by atoms with van der Waals surface area (Å²) in [6.07, 6.45) is 20.0. The van der Waals surface area contributed by atoms with Crippen molar-refractivity contribution < 1.29 is 9.42 Å². The van der Waals surface area contributed by atoms with Gasteiger partial charge >= 0.3 is 323 Å². The molecule has 0 aromatic carbocycles. The van der Waals surface area contributed by atoms with E-state index < -0.39 is 19.9 Å². The van der Waals surface area contributed by atoms with Crippen LogP contribution in [0.5, 0.6) is 0 Å². The van der Waals surface area contributed by atoms with Gasteiger partial charge in [-0.15, -0.1) is 0 Å². The van der Waals surface area contributed by atoms with Crippen LogP contribution >= 0.6 is 59.7 Å². The van der Waals surface area contributed by atoms with Crippen LogP contribution in [0, 0.1) is 0 Å². The van der Waals surface area contributed by atoms with Gasteiger partial charge in [-0.2, -0.15) is 0 Å². The second-order valence-electron chi connectivity index (χ2n) is 15.3. The van der Waals surface area contributed by atoms with Crippen molar-refractivity contribution in [2.45, 2.75) is 129 Å². The Balaban J connectivity index is 1.82. The molecule has 0 amide bonds. The third kappa shape index (κ3) is 6.15. The van der Waals surface area contributed by atoms with Gasteiger partial charge in [0.2, 0.25) is 0 Å². The first-order valence-corrected chi connectivity index (χ1v) is 28.5. The van der Waals surface area contributed by atoms with E-state index in [1.807, 2.05) is 45.3 Å². The summed E-state index contributed by atoms with van der Waals surface area (Å²) < 4.78 is 8.67. The Morgan fingerprint density at radius 3 is 1.18 bits per heavy atom. The van der Waals surface area contributed by atoms with Crippen LogP contribution in [0.2, 0.25) is 0 Å². The molecule has 0 atom stereocenters. The number of fused-ring (bicyclic) bond motifs is 6. The van der Waals surface area contributed by atoms with Gasteiger partial charge in [-0.25, -0.2) is 0 Å². The molecular formula is C42H63O2P2S4+. The summed E-state index contributed by atoms with van der Waals surface area (Å²) in [6, 6.07) is 10.0. The van der Waals surface area contributed by atoms with Crippen molar-refractivity contribution in [3.63, 3.8) is 0 Å². The van der Waals surface area contributed by atoms with E-state index in [-0.39, 0.29) is 5.16 Å². The van der Waals surface area contributed by atoms with Crippen molar-refractivity contribution in [1.29, 1.82) is 0 Å². The zero-order valence-corrected chi connectivity index (χ0v) is 36.8. The monoisotopic (exact) mass is 789 g/mol. The summed E-state index contributed by atoms with van der Waals surface area (Å²) in [5.74, 6) is 0. The molecule has 0 unspecified atom stereocenters. The maximum atomic E-state index is 14.2. The van der Waals surface area contributed by atoms with Crippen molar-refractivity contribution in [2.75, 3.05) is 37.0 Å². The van der Waals surface area contributed by atoms with Crippen LogP contribution < -0.4 is 0 Å². The Kier molecular flexibility index (Phi) is 12.7. The van der Waals surface area contributed by atoms with Crippen LogP contribution in [0.4, 0.5) is 0 Å². The molecule has 1 N–H and O–H groups in total. The molecule has 50 heavy (non-hydrogen) atoms. The Hall–Kier alpha value is -0.420. The first kappa shape index (κ1) is 39.3. The molecule has 276 valence electrons. The summed E-state index contributed by atoms with van der Waals surface area (Å²) in [5, 5.41) is 9.14. The van der Waals surface area contributed by atoms with Crippen molar-refractivity contribution >= 4 is 59.7 Å². The van der Waals surface area contributed by atoms with Crippen LogP contribution in [0.25, 0.3) is 19.5 Å². The van der Waals surface area contributed by atoms with Gasteiger partial charge in [0.15, 0.2) is 0 Å². The normalized spacial score (nSPS) is 16.6. The van der Waals surface area contributed by atoms with Crippen LogP contribution in [0.1, 0.15) is 141 Å². The molecule has 8 heteroatoms. The number of hydrogen-bond acceptors (Lipinski definition) is 6. The molecule has 0 saturated heterocycles. The zero-order valence-electron chi connectivity index (χ0n) is 31.7. The van der Waals surface area contributed by atoms with Crippen LogP contribution in [-0.2, 0) is 15.3 Å². The molecule has 4 aromatic heterocycles. The Labute approximate surface area is 320 Å². The van der Waals surface area contributed by atoms with Gasteiger partial charge in [0.05, 0.1) is 0 Å². The summed E-state index contributed by atoms with van der Waals surface area (Å²) in [7, 11) is -5.65. The fraction of sp³-hybridized carbons (Fsp3) is 0.619. The molecule has 0 bridgehead atoms. The van der Waals surface area contributed by atoms with E-state index in [0.29, 0.717) is 0 Å². The van der Waals surface area contributed by atoms with Gasteiger partial charge in [-0.3, -0.25) is 0 Å². The molecular weight excluding hydrogens is 727 g/mol. The minimum atomic E-state index is -3.76. The quantitative estimate of drug-likeness (QED) is 0.0804. The van der Waals surface area contributed by atoms with Crippen molar-refractivity contribution in [2.24, 2.45) is 0 Å². The molecule has 0 fully saturated rings. The van der Waals surface area contributed by atoms with E-state index in [4.69, 9.17) is 4.52 Å². The average molecular weight is 790 g/mol. The molecule has 2 aliphatic carbocycles. The fourth-order valence-electron chi connectivity index (χ4n) is 9.73. The van der Waals surface area contributed by atoms with Gasteiger partial charge in [0.25, 0.3) is 0 Å². The minimum absolute atomic E-state index is 0.344. The average Bonchev–Trinajstić information content (AvgIpc) is 3.97. The zero-order chi connectivity index (χ0) is 35.5. The van der Waals surface area contributed by atoms with Gasteiger partial charge in [0, 0.05) is 0 Å². The van der Waals surface area contributed by atoms with Crippen molar-refractivity contribution in [3.8, 4) is 19.5 Å². The maximum absolute atomic E-state index is 14.2. The standard InChI is InChI=1S/C42H63O2P2S4/c1-7-13-23-45(24-14-8-2,25-15-9-3)42(35-21-31-49-39(35)40-36(42)22-32-50-40)41(33-19-29-47-37(33)38-34(41)20-30-48-38)44-46(43,26-16-10-4,27-17-11-5)28-18-12-6/h19-22,29-32,43H,7-18,23-28H2,1-6H3/q+1. The summed E-state index contributed by atoms with van der Waals surface area (Å²) in [6.45, 7) is 14.1. The van der Waals surface area contributed by atoms with Crippen LogP contribution in [-0.4, -0.2) is 41.9 Å². The van der Waals surface area contributed by atoms with Crippen LogP contribution in [0.3, 0.4) is 0 Å². The summed E-state index contributed by atoms with van der Waals surface area (Å²) in [5.41, 5.74) is 5.08. The predicted octanol–water partition coefficient (Wildman–Crippen LogP) is 15.3. The van der Waals surface area contributed by atoms with Gasteiger partial charge in [0.1, 0.15) is 0 Å². The van der Waals surface area contributed by atoms with E-state index in [1.54, 1.807) is 11.1 Å². The van der Waals surface area contributed by atoms with Crippen molar-refractivity contribution in [3.05, 3.63) is 68.0 Å². The molecule has 4 heterocycles. The first-order valence-electron chi connectivity index (χ1n) is 19.9. The van der Waals surface area contributed by atoms with Crippen molar-refractivity contribution in [1.82, 2.24) is 0 Å². The van der Waals surface area contributed by atoms with Gasteiger partial charge < -0.3 is 0 Å². The number of unbranched alkanes of at least 4 members (excludes halogenated alkanes) is 6. The number of hydrogen-bond donors (Lipinski definition) is 1. The van der Waals surface area contributed by atoms with Crippen LogP contribution in [0.15, 0.2) is 45.8 Å². The Bertz CT molecular complexity index is 1570. The summed E-state index contributed by atoms with van der Waals surface area (Å²) in [4.78, 5) is 20.0. The summed E-state index contributed by atoms with van der Waals surface area (Å²) >= 11 is 7.74. The third-order valence-electron chi connectivity index (χ3n) is 12.1. The van der Waals surface area contributed by atoms with E-state index in [9.17, 15) is 4.89 Å².